The molecule has 1 atom stereocenters. The van der Waals surface area contributed by atoms with Gasteiger partial charge in [-0.15, -0.1) is 0 Å². The largest absolute Gasteiger partial charge is 0.462 e. The van der Waals surface area contributed by atoms with Crippen LogP contribution in [0.25, 0.3) is 0 Å². The summed E-state index contributed by atoms with van der Waals surface area (Å²) in [6.07, 6.45) is 72.7. The van der Waals surface area contributed by atoms with Gasteiger partial charge in [-0.3, -0.25) is 9.59 Å². The number of esters is 2. The van der Waals surface area contributed by atoms with Gasteiger partial charge in [0.25, 0.3) is 0 Å². The molecule has 0 aliphatic carbocycles. The summed E-state index contributed by atoms with van der Waals surface area (Å²) in [5.74, 6) is -0.435. The van der Waals surface area contributed by atoms with E-state index in [-0.39, 0.29) is 25.2 Å². The number of ether oxygens (including phenoxy) is 3. The molecule has 64 heavy (non-hydrogen) atoms. The van der Waals surface area contributed by atoms with Gasteiger partial charge in [-0.1, -0.05) is 208 Å². The molecule has 0 bridgehead atoms. The molecule has 0 aliphatic rings. The fourth-order valence-corrected chi connectivity index (χ4v) is 7.10. The van der Waals surface area contributed by atoms with Crippen LogP contribution in [0.2, 0.25) is 0 Å². The third-order valence-electron chi connectivity index (χ3n) is 11.1. The molecule has 366 valence electrons. The summed E-state index contributed by atoms with van der Waals surface area (Å²) in [5.41, 5.74) is 0. The predicted octanol–water partition coefficient (Wildman–Crippen LogP) is 18.2. The summed E-state index contributed by atoms with van der Waals surface area (Å²) in [5, 5.41) is 0. The van der Waals surface area contributed by atoms with Gasteiger partial charge in [-0.05, 0) is 116 Å². The number of unbranched alkanes of at least 4 members (excludes halogenated alkanes) is 21. The van der Waals surface area contributed by atoms with Crippen molar-refractivity contribution in [3.63, 3.8) is 0 Å². The summed E-state index contributed by atoms with van der Waals surface area (Å²) in [7, 11) is 0. The summed E-state index contributed by atoms with van der Waals surface area (Å²) < 4.78 is 17.4. The third-order valence-corrected chi connectivity index (χ3v) is 11.1. The molecule has 0 spiro atoms. The lowest BCUT2D eigenvalue weighted by Crippen LogP contribution is -2.30. The number of carbonyl (C=O) groups is 2. The Kier molecular flexibility index (Phi) is 51.5. The van der Waals surface area contributed by atoms with Crippen LogP contribution in [-0.4, -0.2) is 37.9 Å². The Balaban J connectivity index is 4.34. The van der Waals surface area contributed by atoms with Gasteiger partial charge >= 0.3 is 11.9 Å². The summed E-state index contributed by atoms with van der Waals surface area (Å²) >= 11 is 0. The first kappa shape index (κ1) is 60.8. The van der Waals surface area contributed by atoms with Crippen molar-refractivity contribution in [2.24, 2.45) is 0 Å². The maximum Gasteiger partial charge on any atom is 0.306 e. The smallest absolute Gasteiger partial charge is 0.306 e. The van der Waals surface area contributed by atoms with Crippen LogP contribution in [0.15, 0.2) is 97.2 Å². The molecule has 5 heteroatoms. The Morgan fingerprint density at radius 1 is 0.359 bits per heavy atom. The van der Waals surface area contributed by atoms with E-state index in [1.54, 1.807) is 0 Å². The predicted molar refractivity (Wildman–Crippen MR) is 279 cm³/mol. The normalized spacial score (nSPS) is 13.0. The fourth-order valence-electron chi connectivity index (χ4n) is 7.10. The lowest BCUT2D eigenvalue weighted by atomic mass is 10.1. The zero-order valence-corrected chi connectivity index (χ0v) is 42.0. The molecule has 0 radical (unpaired) electrons. The lowest BCUT2D eigenvalue weighted by Gasteiger charge is -2.18. The van der Waals surface area contributed by atoms with E-state index in [1.165, 1.54) is 96.3 Å². The van der Waals surface area contributed by atoms with Gasteiger partial charge in [-0.2, -0.15) is 0 Å². The molecule has 0 heterocycles. The van der Waals surface area contributed by atoms with Crippen molar-refractivity contribution in [1.82, 2.24) is 0 Å². The van der Waals surface area contributed by atoms with E-state index in [1.807, 2.05) is 0 Å². The molecule has 0 rings (SSSR count). The second-order valence-electron chi connectivity index (χ2n) is 17.4. The van der Waals surface area contributed by atoms with Gasteiger partial charge < -0.3 is 14.2 Å². The average molecular weight is 889 g/mol. The molecule has 0 aliphatic heterocycles. The minimum atomic E-state index is -0.562. The first-order chi connectivity index (χ1) is 31.6. The van der Waals surface area contributed by atoms with Crippen LogP contribution in [0.4, 0.5) is 0 Å². The van der Waals surface area contributed by atoms with E-state index < -0.39 is 6.10 Å². The molecular formula is C59H100O5. The van der Waals surface area contributed by atoms with Gasteiger partial charge in [0.15, 0.2) is 6.10 Å². The molecule has 0 aromatic rings. The van der Waals surface area contributed by atoms with Crippen LogP contribution in [0, 0.1) is 0 Å². The summed E-state index contributed by atoms with van der Waals surface area (Å²) in [6.45, 7) is 7.56. The van der Waals surface area contributed by atoms with Crippen molar-refractivity contribution in [1.29, 1.82) is 0 Å². The molecule has 5 nitrogen and oxygen atoms in total. The number of allylic oxidation sites excluding steroid dienone is 16. The van der Waals surface area contributed by atoms with E-state index in [2.05, 4.69) is 118 Å². The zero-order chi connectivity index (χ0) is 46.3. The highest BCUT2D eigenvalue weighted by atomic mass is 16.6. The SMILES string of the molecule is CC/C=C\C/C=C\C/C=C\C/C=C\CCCCCCCOCC(COC(=O)CCCCCCCCC/C=C\C/C=C\CCCCC)OC(=O)CCCCCCC/C=C\C/C=C\CCC. The Labute approximate surface area is 396 Å². The fraction of sp³-hybridized carbons (Fsp3) is 0.695. The molecule has 0 aromatic heterocycles. The molecule has 0 amide bonds. The Morgan fingerprint density at radius 3 is 1.19 bits per heavy atom. The van der Waals surface area contributed by atoms with Crippen molar-refractivity contribution in [3.8, 4) is 0 Å². The molecule has 0 aromatic carbocycles. The van der Waals surface area contributed by atoms with Crippen LogP contribution in [0.1, 0.15) is 239 Å². The molecule has 1 unspecified atom stereocenters. The zero-order valence-electron chi connectivity index (χ0n) is 42.0. The van der Waals surface area contributed by atoms with Crippen molar-refractivity contribution >= 4 is 11.9 Å². The second kappa shape index (κ2) is 54.2. The van der Waals surface area contributed by atoms with E-state index >= 15 is 0 Å². The van der Waals surface area contributed by atoms with Gasteiger partial charge in [-0.25, -0.2) is 0 Å². The van der Waals surface area contributed by atoms with Crippen molar-refractivity contribution < 1.29 is 23.8 Å². The molecule has 0 fully saturated rings. The van der Waals surface area contributed by atoms with E-state index in [0.717, 1.165) is 109 Å². The average Bonchev–Trinajstić information content (AvgIpc) is 3.30. The maximum atomic E-state index is 12.8. The van der Waals surface area contributed by atoms with Gasteiger partial charge in [0.05, 0.1) is 6.61 Å². The highest BCUT2D eigenvalue weighted by molar-refractivity contribution is 5.70. The molecule has 0 saturated carbocycles. The molecule has 0 saturated heterocycles. The van der Waals surface area contributed by atoms with Crippen molar-refractivity contribution in [3.05, 3.63) is 97.2 Å². The maximum absolute atomic E-state index is 12.8. The topological polar surface area (TPSA) is 61.8 Å². The number of hydrogen-bond donors (Lipinski definition) is 0. The summed E-state index contributed by atoms with van der Waals surface area (Å²) in [6, 6.07) is 0. The van der Waals surface area contributed by atoms with Crippen LogP contribution < -0.4 is 0 Å². The Morgan fingerprint density at radius 2 is 0.734 bits per heavy atom. The van der Waals surface area contributed by atoms with Gasteiger partial charge in [0.1, 0.15) is 6.61 Å². The van der Waals surface area contributed by atoms with Crippen LogP contribution in [0.3, 0.4) is 0 Å². The van der Waals surface area contributed by atoms with Crippen LogP contribution in [0.5, 0.6) is 0 Å². The lowest BCUT2D eigenvalue weighted by molar-refractivity contribution is -0.163. The standard InChI is InChI=1S/C59H100O5/c1-4-7-10-13-16-19-22-25-27-29-31-33-36-39-42-45-48-51-54-62-55-57(64-59(61)53-50-47-44-41-38-34-24-21-18-15-12-9-6-3)56-63-58(60)52-49-46-43-40-37-35-32-30-28-26-23-20-17-14-11-8-5-2/h7,10,12,15-17,19-21,24-28,31,33,57H,4-6,8-9,11,13-14,18,22-23,29-30,32,34-56H2,1-3H3/b10-7-,15-12-,19-16-,20-17-,24-21-,27-25-,28-26-,33-31-. The van der Waals surface area contributed by atoms with Crippen LogP contribution in [-0.2, 0) is 23.8 Å². The Hall–Kier alpha value is -3.18. The quantitative estimate of drug-likeness (QED) is 0.0346. The summed E-state index contributed by atoms with van der Waals surface area (Å²) in [4.78, 5) is 25.4. The minimum Gasteiger partial charge on any atom is -0.462 e. The van der Waals surface area contributed by atoms with Crippen molar-refractivity contribution in [2.75, 3.05) is 19.8 Å². The molecular weight excluding hydrogens is 789 g/mol. The number of hydrogen-bond acceptors (Lipinski definition) is 5. The van der Waals surface area contributed by atoms with Crippen LogP contribution >= 0.6 is 0 Å². The number of carbonyl (C=O) groups excluding carboxylic acids is 2. The van der Waals surface area contributed by atoms with E-state index in [9.17, 15) is 9.59 Å². The first-order valence-electron chi connectivity index (χ1n) is 26.8. The first-order valence-corrected chi connectivity index (χ1v) is 26.8. The minimum absolute atomic E-state index is 0.0630. The van der Waals surface area contributed by atoms with Gasteiger partial charge in [0, 0.05) is 19.4 Å². The third kappa shape index (κ3) is 51.5. The highest BCUT2D eigenvalue weighted by Gasteiger charge is 2.17. The Bertz CT molecular complexity index is 1230. The van der Waals surface area contributed by atoms with Crippen molar-refractivity contribution in [2.45, 2.75) is 245 Å². The monoisotopic (exact) mass is 889 g/mol. The molecule has 0 N–H and O–H groups in total. The van der Waals surface area contributed by atoms with Gasteiger partial charge in [0.2, 0.25) is 0 Å². The van der Waals surface area contributed by atoms with E-state index in [0.29, 0.717) is 19.4 Å². The van der Waals surface area contributed by atoms with E-state index in [4.69, 9.17) is 14.2 Å². The highest BCUT2D eigenvalue weighted by Crippen LogP contribution is 2.13. The second-order valence-corrected chi connectivity index (χ2v) is 17.4. The number of rotatable bonds is 48.